The molecule has 0 saturated carbocycles. The summed E-state index contributed by atoms with van der Waals surface area (Å²) in [6.07, 6.45) is 3.47. The minimum Gasteiger partial charge on any atom is -0.452 e. The Morgan fingerprint density at radius 3 is 2.89 bits per heavy atom. The van der Waals surface area contributed by atoms with Crippen molar-refractivity contribution in [2.24, 2.45) is 5.41 Å². The molecule has 1 aromatic rings. The third-order valence-corrected chi connectivity index (χ3v) is 4.42. The Kier molecular flexibility index (Phi) is 5.21. The molecular weight excluding hydrogens is 276 g/mol. The highest BCUT2D eigenvalue weighted by Crippen LogP contribution is 2.24. The van der Waals surface area contributed by atoms with Crippen LogP contribution in [-0.4, -0.2) is 28.1 Å². The molecule has 7 heteroatoms. The van der Waals surface area contributed by atoms with Gasteiger partial charge < -0.3 is 9.73 Å². The Labute approximate surface area is 114 Å². The van der Waals surface area contributed by atoms with E-state index in [1.54, 1.807) is 6.07 Å². The molecule has 2 N–H and O–H groups in total. The van der Waals surface area contributed by atoms with Crippen LogP contribution in [0.5, 0.6) is 0 Å². The zero-order valence-corrected chi connectivity index (χ0v) is 11.9. The lowest BCUT2D eigenvalue weighted by Gasteiger charge is -2.33. The first-order valence-electron chi connectivity index (χ1n) is 5.76. The van der Waals surface area contributed by atoms with Crippen LogP contribution in [0.25, 0.3) is 0 Å². The molecule has 104 valence electrons. The molecule has 1 saturated heterocycles. The second-order valence-corrected chi connectivity index (χ2v) is 6.55. The second-order valence-electron chi connectivity index (χ2n) is 4.85. The maximum atomic E-state index is 11.9. The van der Waals surface area contributed by atoms with Gasteiger partial charge in [-0.3, -0.25) is 0 Å². The fourth-order valence-electron chi connectivity index (χ4n) is 2.03. The molecule has 2 rings (SSSR count). The summed E-state index contributed by atoms with van der Waals surface area (Å²) in [5, 5.41) is 3.26. The molecule has 0 aliphatic carbocycles. The molecule has 18 heavy (non-hydrogen) atoms. The molecule has 0 radical (unpaired) electrons. The van der Waals surface area contributed by atoms with E-state index in [4.69, 9.17) is 4.42 Å². The summed E-state index contributed by atoms with van der Waals surface area (Å²) in [5.41, 5.74) is -0.0160. The standard InChI is InChI=1S/C11H18N2O3S.ClH/c1-11(5-3-6-12-8-11)9-13-17(14,15)10-4-2-7-16-10;/h2,4,7,12-13H,3,5-6,8-9H2,1H3;1H. The van der Waals surface area contributed by atoms with Gasteiger partial charge in [-0.25, -0.2) is 13.1 Å². The summed E-state index contributed by atoms with van der Waals surface area (Å²) in [7, 11) is -3.50. The quantitative estimate of drug-likeness (QED) is 0.880. The number of hydrogen-bond donors (Lipinski definition) is 2. The van der Waals surface area contributed by atoms with Gasteiger partial charge in [0.2, 0.25) is 5.09 Å². The van der Waals surface area contributed by atoms with E-state index in [0.717, 1.165) is 25.9 Å². The predicted molar refractivity (Wildman–Crippen MR) is 71.4 cm³/mol. The molecule has 1 unspecified atom stereocenters. The van der Waals surface area contributed by atoms with Crippen molar-refractivity contribution < 1.29 is 12.8 Å². The number of hydrogen-bond acceptors (Lipinski definition) is 4. The second kappa shape index (κ2) is 6.06. The number of halogens is 1. The van der Waals surface area contributed by atoms with Gasteiger partial charge in [-0.15, -0.1) is 12.4 Å². The summed E-state index contributed by atoms with van der Waals surface area (Å²) >= 11 is 0. The molecule has 1 aliphatic rings. The molecule has 0 spiro atoms. The van der Waals surface area contributed by atoms with Crippen molar-refractivity contribution in [2.75, 3.05) is 19.6 Å². The van der Waals surface area contributed by atoms with Crippen LogP contribution in [0.1, 0.15) is 19.8 Å². The van der Waals surface area contributed by atoms with Crippen LogP contribution in [0.15, 0.2) is 27.9 Å². The van der Waals surface area contributed by atoms with E-state index in [9.17, 15) is 8.42 Å². The summed E-state index contributed by atoms with van der Waals surface area (Å²) in [6.45, 7) is 4.38. The molecule has 1 aromatic heterocycles. The van der Waals surface area contributed by atoms with Crippen LogP contribution in [0.2, 0.25) is 0 Å². The van der Waals surface area contributed by atoms with Crippen molar-refractivity contribution >= 4 is 22.4 Å². The lowest BCUT2D eigenvalue weighted by molar-refractivity contribution is 0.238. The van der Waals surface area contributed by atoms with Gasteiger partial charge in [0, 0.05) is 13.1 Å². The molecule has 0 amide bonds. The first-order valence-corrected chi connectivity index (χ1v) is 7.24. The monoisotopic (exact) mass is 294 g/mol. The van der Waals surface area contributed by atoms with E-state index in [0.29, 0.717) is 6.54 Å². The first kappa shape index (κ1) is 15.5. The molecule has 5 nitrogen and oxygen atoms in total. The molecular formula is C11H19ClN2O3S. The van der Waals surface area contributed by atoms with Crippen molar-refractivity contribution in [2.45, 2.75) is 24.9 Å². The molecule has 1 aliphatic heterocycles. The van der Waals surface area contributed by atoms with Crippen molar-refractivity contribution in [3.05, 3.63) is 18.4 Å². The highest BCUT2D eigenvalue weighted by atomic mass is 35.5. The molecule has 0 bridgehead atoms. The minimum atomic E-state index is -3.50. The van der Waals surface area contributed by atoms with Gasteiger partial charge in [0.25, 0.3) is 10.0 Å². The van der Waals surface area contributed by atoms with Crippen molar-refractivity contribution in [3.63, 3.8) is 0 Å². The van der Waals surface area contributed by atoms with Gasteiger partial charge in [-0.05, 0) is 36.9 Å². The number of furan rings is 1. The SMILES string of the molecule is CC1(CNS(=O)(=O)c2ccco2)CCCNC1.Cl. The van der Waals surface area contributed by atoms with Crippen molar-refractivity contribution in [1.82, 2.24) is 10.0 Å². The van der Waals surface area contributed by atoms with E-state index in [-0.39, 0.29) is 22.9 Å². The van der Waals surface area contributed by atoms with Crippen molar-refractivity contribution in [1.29, 1.82) is 0 Å². The van der Waals surface area contributed by atoms with Crippen molar-refractivity contribution in [3.8, 4) is 0 Å². The van der Waals surface area contributed by atoms with Gasteiger partial charge in [0.05, 0.1) is 6.26 Å². The number of sulfonamides is 1. The van der Waals surface area contributed by atoms with E-state index in [1.165, 1.54) is 12.3 Å². The van der Waals surface area contributed by atoms with Gasteiger partial charge in [-0.1, -0.05) is 6.92 Å². The molecule has 1 fully saturated rings. The largest absolute Gasteiger partial charge is 0.452 e. The lowest BCUT2D eigenvalue weighted by atomic mass is 9.83. The Hall–Kier alpha value is -0.560. The summed E-state index contributed by atoms with van der Waals surface area (Å²) in [5.74, 6) is 0. The highest BCUT2D eigenvalue weighted by Gasteiger charge is 2.29. The smallest absolute Gasteiger partial charge is 0.273 e. The Morgan fingerprint density at radius 1 is 1.56 bits per heavy atom. The first-order chi connectivity index (χ1) is 8.02. The molecule has 2 heterocycles. The van der Waals surface area contributed by atoms with E-state index in [1.807, 2.05) is 0 Å². The summed E-state index contributed by atoms with van der Waals surface area (Å²) in [4.78, 5) is 0. The Bertz CT molecular complexity index is 453. The summed E-state index contributed by atoms with van der Waals surface area (Å²) in [6, 6.07) is 3.02. The lowest BCUT2D eigenvalue weighted by Crippen LogP contribution is -2.45. The van der Waals surface area contributed by atoms with Gasteiger partial charge in [0.1, 0.15) is 0 Å². The van der Waals surface area contributed by atoms with Gasteiger partial charge in [0.15, 0.2) is 0 Å². The highest BCUT2D eigenvalue weighted by molar-refractivity contribution is 7.89. The van der Waals surface area contributed by atoms with E-state index in [2.05, 4.69) is 17.0 Å². The maximum absolute atomic E-state index is 11.9. The minimum absolute atomic E-state index is 0. The van der Waals surface area contributed by atoms with Gasteiger partial charge in [-0.2, -0.15) is 0 Å². The van der Waals surface area contributed by atoms with Crippen LogP contribution >= 0.6 is 12.4 Å². The zero-order chi connectivity index (χ0) is 12.4. The van der Waals surface area contributed by atoms with Crippen LogP contribution in [0.4, 0.5) is 0 Å². The third kappa shape index (κ3) is 3.71. The third-order valence-electron chi connectivity index (χ3n) is 3.13. The number of rotatable bonds is 4. The fraction of sp³-hybridized carbons (Fsp3) is 0.636. The summed E-state index contributed by atoms with van der Waals surface area (Å²) < 4.78 is 31.2. The van der Waals surface area contributed by atoms with Crippen LogP contribution in [0.3, 0.4) is 0 Å². The van der Waals surface area contributed by atoms with Crippen LogP contribution < -0.4 is 10.0 Å². The van der Waals surface area contributed by atoms with Crippen LogP contribution in [-0.2, 0) is 10.0 Å². The predicted octanol–water partition coefficient (Wildman–Crippen LogP) is 1.37. The average molecular weight is 295 g/mol. The van der Waals surface area contributed by atoms with E-state index >= 15 is 0 Å². The normalized spacial score (nSPS) is 24.5. The van der Waals surface area contributed by atoms with Gasteiger partial charge >= 0.3 is 0 Å². The maximum Gasteiger partial charge on any atom is 0.273 e. The fourth-order valence-corrected chi connectivity index (χ4v) is 3.15. The topological polar surface area (TPSA) is 71.3 Å². The average Bonchev–Trinajstić information content (AvgIpc) is 2.82. The van der Waals surface area contributed by atoms with Crippen LogP contribution in [0, 0.1) is 5.41 Å². The number of nitrogens with one attached hydrogen (secondary N) is 2. The Balaban J connectivity index is 0.00000162. The Morgan fingerprint density at radius 2 is 2.33 bits per heavy atom. The molecule has 1 atom stereocenters. The zero-order valence-electron chi connectivity index (χ0n) is 10.3. The molecule has 0 aromatic carbocycles. The van der Waals surface area contributed by atoms with E-state index < -0.39 is 10.0 Å². The number of piperidine rings is 1.